The van der Waals surface area contributed by atoms with Gasteiger partial charge in [-0.3, -0.25) is 0 Å². The molecule has 0 saturated carbocycles. The number of carboxylic acid groups (broad SMARTS) is 1. The van der Waals surface area contributed by atoms with Gasteiger partial charge < -0.3 is 10.8 Å². The average molecular weight is 218 g/mol. The summed E-state index contributed by atoms with van der Waals surface area (Å²) in [5.74, 6) is -1.79. The van der Waals surface area contributed by atoms with Gasteiger partial charge in [-0.2, -0.15) is 0 Å². The molecule has 1 aromatic rings. The van der Waals surface area contributed by atoms with Gasteiger partial charge >= 0.3 is 5.97 Å². The Hall–Kier alpha value is -1.13. The van der Waals surface area contributed by atoms with E-state index in [4.69, 9.17) is 22.4 Å². The van der Waals surface area contributed by atoms with Crippen molar-refractivity contribution >= 4 is 17.6 Å². The van der Waals surface area contributed by atoms with Gasteiger partial charge in [-0.1, -0.05) is 17.7 Å². The molecule has 0 spiro atoms. The molecule has 0 heterocycles. The predicted octanol–water partition coefficient (Wildman–Crippen LogP) is 1.74. The Kier molecular flexibility index (Phi) is 2.78. The molecular weight excluding hydrogens is 209 g/mol. The maximum Gasteiger partial charge on any atom is 0.328 e. The lowest BCUT2D eigenvalue weighted by molar-refractivity contribution is -0.143. The van der Waals surface area contributed by atoms with Crippen LogP contribution in [0, 0.1) is 5.82 Å². The Morgan fingerprint density at radius 3 is 2.64 bits per heavy atom. The van der Waals surface area contributed by atoms with Crippen LogP contribution in [0.4, 0.5) is 4.39 Å². The van der Waals surface area contributed by atoms with Gasteiger partial charge in [-0.25, -0.2) is 9.18 Å². The summed E-state index contributed by atoms with van der Waals surface area (Å²) >= 11 is 5.50. The van der Waals surface area contributed by atoms with Crippen LogP contribution in [0.3, 0.4) is 0 Å². The lowest BCUT2D eigenvalue weighted by Crippen LogP contribution is -2.41. The maximum absolute atomic E-state index is 12.8. The van der Waals surface area contributed by atoms with E-state index < -0.39 is 17.3 Å². The fraction of sp³-hybridized carbons (Fsp3) is 0.222. The first-order valence-electron chi connectivity index (χ1n) is 3.83. The number of nitrogens with two attached hydrogens (primary N) is 1. The van der Waals surface area contributed by atoms with Gasteiger partial charge in [0.15, 0.2) is 0 Å². The van der Waals surface area contributed by atoms with Crippen LogP contribution in [-0.4, -0.2) is 11.1 Å². The fourth-order valence-corrected chi connectivity index (χ4v) is 1.12. The van der Waals surface area contributed by atoms with E-state index >= 15 is 0 Å². The number of halogens is 2. The highest BCUT2D eigenvalue weighted by atomic mass is 35.5. The summed E-state index contributed by atoms with van der Waals surface area (Å²) in [4.78, 5) is 10.8. The smallest absolute Gasteiger partial charge is 0.328 e. The van der Waals surface area contributed by atoms with Crippen molar-refractivity contribution in [3.05, 3.63) is 34.6 Å². The molecule has 0 saturated heterocycles. The molecule has 0 aliphatic rings. The first-order chi connectivity index (χ1) is 6.35. The molecule has 76 valence electrons. The molecule has 0 fully saturated rings. The van der Waals surface area contributed by atoms with E-state index in [1.54, 1.807) is 0 Å². The lowest BCUT2D eigenvalue weighted by Gasteiger charge is -2.19. The first-order valence-corrected chi connectivity index (χ1v) is 4.21. The van der Waals surface area contributed by atoms with Crippen LogP contribution in [0.1, 0.15) is 12.5 Å². The molecule has 0 aliphatic carbocycles. The molecule has 0 radical (unpaired) electrons. The molecule has 1 unspecified atom stereocenters. The van der Waals surface area contributed by atoms with Gasteiger partial charge in [-0.15, -0.1) is 0 Å². The molecule has 3 N–H and O–H groups in total. The van der Waals surface area contributed by atoms with E-state index in [-0.39, 0.29) is 10.6 Å². The number of hydrogen-bond donors (Lipinski definition) is 2. The summed E-state index contributed by atoms with van der Waals surface area (Å²) < 4.78 is 12.8. The minimum atomic E-state index is -1.56. The number of aliphatic carboxylic acids is 1. The Bertz CT molecular complexity index is 379. The number of carboxylic acids is 1. The largest absolute Gasteiger partial charge is 0.480 e. The highest BCUT2D eigenvalue weighted by molar-refractivity contribution is 6.30. The standard InChI is InChI=1S/C9H9ClFNO2/c1-9(12,8(13)14)5-2-3-7(11)6(10)4-5/h2-4H,12H2,1H3,(H,13,14). The Morgan fingerprint density at radius 2 is 2.21 bits per heavy atom. The van der Waals surface area contributed by atoms with Crippen LogP contribution in [0.2, 0.25) is 5.02 Å². The Labute approximate surface area is 85.3 Å². The summed E-state index contributed by atoms with van der Waals surface area (Å²) in [5.41, 5.74) is 4.22. The fourth-order valence-electron chi connectivity index (χ4n) is 0.943. The highest BCUT2D eigenvalue weighted by Crippen LogP contribution is 2.23. The molecule has 1 aromatic carbocycles. The monoisotopic (exact) mass is 217 g/mol. The summed E-state index contributed by atoms with van der Waals surface area (Å²) in [7, 11) is 0. The second kappa shape index (κ2) is 3.55. The number of carbonyl (C=O) groups is 1. The molecule has 1 atom stereocenters. The average Bonchev–Trinajstić information content (AvgIpc) is 2.09. The molecule has 14 heavy (non-hydrogen) atoms. The van der Waals surface area contributed by atoms with Crippen molar-refractivity contribution in [1.29, 1.82) is 0 Å². The van der Waals surface area contributed by atoms with Crippen LogP contribution in [0.15, 0.2) is 18.2 Å². The van der Waals surface area contributed by atoms with Crippen molar-refractivity contribution in [2.24, 2.45) is 5.73 Å². The van der Waals surface area contributed by atoms with Gasteiger partial charge in [0.25, 0.3) is 0 Å². The molecule has 0 aliphatic heterocycles. The highest BCUT2D eigenvalue weighted by Gasteiger charge is 2.30. The normalized spacial score (nSPS) is 14.9. The topological polar surface area (TPSA) is 63.3 Å². The van der Waals surface area contributed by atoms with Gasteiger partial charge in [0, 0.05) is 0 Å². The van der Waals surface area contributed by atoms with E-state index in [1.807, 2.05) is 0 Å². The zero-order valence-corrected chi connectivity index (χ0v) is 8.18. The summed E-state index contributed by atoms with van der Waals surface area (Å²) in [6.07, 6.45) is 0. The first kappa shape index (κ1) is 10.9. The number of rotatable bonds is 2. The van der Waals surface area contributed by atoms with Crippen molar-refractivity contribution in [2.75, 3.05) is 0 Å². The molecule has 3 nitrogen and oxygen atoms in total. The summed E-state index contributed by atoms with van der Waals surface area (Å²) in [6, 6.07) is 3.60. The second-order valence-electron chi connectivity index (χ2n) is 3.14. The molecular formula is C9H9ClFNO2. The zero-order valence-electron chi connectivity index (χ0n) is 7.42. The number of hydrogen-bond acceptors (Lipinski definition) is 2. The maximum atomic E-state index is 12.8. The lowest BCUT2D eigenvalue weighted by atomic mass is 9.93. The van der Waals surface area contributed by atoms with Gasteiger partial charge in [0.05, 0.1) is 5.02 Å². The second-order valence-corrected chi connectivity index (χ2v) is 3.54. The van der Waals surface area contributed by atoms with Crippen molar-refractivity contribution in [3.63, 3.8) is 0 Å². The summed E-state index contributed by atoms with van der Waals surface area (Å²) in [5, 5.41) is 8.65. The van der Waals surface area contributed by atoms with Crippen LogP contribution < -0.4 is 5.73 Å². The minimum Gasteiger partial charge on any atom is -0.480 e. The molecule has 5 heteroatoms. The molecule has 1 rings (SSSR count). The third-order valence-corrected chi connectivity index (χ3v) is 2.25. The minimum absolute atomic E-state index is 0.138. The van der Waals surface area contributed by atoms with Crippen molar-refractivity contribution in [1.82, 2.24) is 0 Å². The van der Waals surface area contributed by atoms with E-state index in [1.165, 1.54) is 19.1 Å². The molecule has 0 amide bonds. The van der Waals surface area contributed by atoms with E-state index in [0.717, 1.165) is 6.07 Å². The number of benzene rings is 1. The molecule has 0 bridgehead atoms. The quantitative estimate of drug-likeness (QED) is 0.793. The third kappa shape index (κ3) is 1.86. The van der Waals surface area contributed by atoms with Crippen LogP contribution in [0.25, 0.3) is 0 Å². The predicted molar refractivity (Wildman–Crippen MR) is 50.6 cm³/mol. The SMILES string of the molecule is CC(N)(C(=O)O)c1ccc(F)c(Cl)c1. The van der Waals surface area contributed by atoms with Gasteiger partial charge in [0.2, 0.25) is 0 Å². The van der Waals surface area contributed by atoms with E-state index in [2.05, 4.69) is 0 Å². The van der Waals surface area contributed by atoms with Crippen LogP contribution in [0.5, 0.6) is 0 Å². The van der Waals surface area contributed by atoms with Crippen molar-refractivity contribution in [3.8, 4) is 0 Å². The molecule has 0 aromatic heterocycles. The Balaban J connectivity index is 3.21. The van der Waals surface area contributed by atoms with Crippen LogP contribution >= 0.6 is 11.6 Å². The van der Waals surface area contributed by atoms with E-state index in [0.29, 0.717) is 0 Å². The van der Waals surface area contributed by atoms with Crippen molar-refractivity contribution in [2.45, 2.75) is 12.5 Å². The van der Waals surface area contributed by atoms with Gasteiger partial charge in [-0.05, 0) is 24.6 Å². The van der Waals surface area contributed by atoms with E-state index in [9.17, 15) is 9.18 Å². The van der Waals surface area contributed by atoms with Gasteiger partial charge in [0.1, 0.15) is 11.4 Å². The Morgan fingerprint density at radius 1 is 1.64 bits per heavy atom. The zero-order chi connectivity index (χ0) is 10.9. The summed E-state index contributed by atoms with van der Waals surface area (Å²) in [6.45, 7) is 1.32. The van der Waals surface area contributed by atoms with Crippen LogP contribution in [-0.2, 0) is 10.3 Å². The van der Waals surface area contributed by atoms with Crippen molar-refractivity contribution < 1.29 is 14.3 Å². The third-order valence-electron chi connectivity index (χ3n) is 1.96.